The average Bonchev–Trinajstić information content (AvgIpc) is 3.18. The van der Waals surface area contributed by atoms with E-state index in [9.17, 15) is 18.0 Å². The number of imide groups is 1. The Morgan fingerprint density at radius 3 is 2.21 bits per heavy atom. The van der Waals surface area contributed by atoms with Gasteiger partial charge in [0.15, 0.2) is 0 Å². The number of nitrogens with one attached hydrogen (secondary N) is 1. The Morgan fingerprint density at radius 2 is 1.69 bits per heavy atom. The summed E-state index contributed by atoms with van der Waals surface area (Å²) in [7, 11) is -3.56. The van der Waals surface area contributed by atoms with Crippen molar-refractivity contribution in [2.24, 2.45) is 0 Å². The van der Waals surface area contributed by atoms with E-state index < -0.39 is 16.1 Å². The predicted octanol–water partition coefficient (Wildman–Crippen LogP) is 1.45. The molecule has 2 aliphatic heterocycles. The largest absolute Gasteiger partial charge is 0.336 e. The van der Waals surface area contributed by atoms with Gasteiger partial charge in [-0.2, -0.15) is 4.31 Å². The molecule has 3 amide bonds. The first-order valence-corrected chi connectivity index (χ1v) is 11.6. The van der Waals surface area contributed by atoms with Crippen LogP contribution in [0, 0.1) is 0 Å². The van der Waals surface area contributed by atoms with Gasteiger partial charge >= 0.3 is 6.03 Å². The molecular formula is C20H30N4O4S. The zero-order valence-corrected chi connectivity index (χ0v) is 18.1. The lowest BCUT2D eigenvalue weighted by atomic mass is 9.99. The summed E-state index contributed by atoms with van der Waals surface area (Å²) in [6.07, 6.45) is 1.00. The van der Waals surface area contributed by atoms with Crippen molar-refractivity contribution in [2.75, 3.05) is 39.3 Å². The highest BCUT2D eigenvalue weighted by Crippen LogP contribution is 2.23. The van der Waals surface area contributed by atoms with Gasteiger partial charge in [-0.05, 0) is 37.0 Å². The van der Waals surface area contributed by atoms with E-state index >= 15 is 0 Å². The van der Waals surface area contributed by atoms with Crippen LogP contribution in [0.1, 0.15) is 38.7 Å². The number of hydrogen-bond acceptors (Lipinski definition) is 5. The van der Waals surface area contributed by atoms with Crippen molar-refractivity contribution < 1.29 is 18.0 Å². The van der Waals surface area contributed by atoms with Gasteiger partial charge in [-0.15, -0.1) is 0 Å². The van der Waals surface area contributed by atoms with Crippen LogP contribution in [0.15, 0.2) is 29.2 Å². The van der Waals surface area contributed by atoms with Crippen LogP contribution in [0.5, 0.6) is 0 Å². The van der Waals surface area contributed by atoms with Crippen LogP contribution in [0.3, 0.4) is 0 Å². The van der Waals surface area contributed by atoms with Crippen LogP contribution in [-0.4, -0.2) is 79.8 Å². The van der Waals surface area contributed by atoms with E-state index in [1.165, 1.54) is 9.21 Å². The molecule has 0 bridgehead atoms. The minimum absolute atomic E-state index is 0.239. The van der Waals surface area contributed by atoms with E-state index in [0.717, 1.165) is 12.0 Å². The third-order valence-electron chi connectivity index (χ3n) is 6.00. The van der Waals surface area contributed by atoms with Crippen LogP contribution < -0.4 is 5.32 Å². The minimum Gasteiger partial charge on any atom is -0.336 e. The molecule has 3 rings (SSSR count). The van der Waals surface area contributed by atoms with Crippen LogP contribution in [-0.2, 0) is 14.8 Å². The molecule has 2 atom stereocenters. The number of carbonyl (C=O) groups excluding carboxylic acids is 2. The van der Waals surface area contributed by atoms with E-state index in [4.69, 9.17) is 0 Å². The number of carbonyl (C=O) groups is 2. The molecule has 2 fully saturated rings. The van der Waals surface area contributed by atoms with Crippen molar-refractivity contribution in [3.8, 4) is 0 Å². The third-order valence-corrected chi connectivity index (χ3v) is 7.91. The first kappa shape index (κ1) is 21.7. The fraction of sp³-hybridized carbons (Fsp3) is 0.600. The highest BCUT2D eigenvalue weighted by Gasteiger charge is 2.35. The van der Waals surface area contributed by atoms with Crippen molar-refractivity contribution >= 4 is 22.0 Å². The van der Waals surface area contributed by atoms with Gasteiger partial charge in [-0.3, -0.25) is 14.6 Å². The van der Waals surface area contributed by atoms with Gasteiger partial charge in [0.25, 0.3) is 0 Å². The molecule has 0 unspecified atom stereocenters. The van der Waals surface area contributed by atoms with Crippen LogP contribution in [0.2, 0.25) is 0 Å². The van der Waals surface area contributed by atoms with E-state index in [2.05, 4.69) is 19.2 Å². The van der Waals surface area contributed by atoms with Gasteiger partial charge in [0.1, 0.15) is 0 Å². The summed E-state index contributed by atoms with van der Waals surface area (Å²) in [5.74, 6) is 0.156. The molecule has 0 radical (unpaired) electrons. The molecule has 0 spiro atoms. The van der Waals surface area contributed by atoms with Gasteiger partial charge in [-0.25, -0.2) is 13.2 Å². The number of urea groups is 1. The predicted molar refractivity (Wildman–Crippen MR) is 110 cm³/mol. The molecular weight excluding hydrogens is 392 g/mol. The maximum absolute atomic E-state index is 13.0. The Balaban J connectivity index is 1.62. The SMILES string of the molecule is CC[C@H](C)c1ccc(S(=O)(=O)N2CCN([C@H](C)C(=O)N3CCNC3=O)CC2)cc1. The Morgan fingerprint density at radius 1 is 1.07 bits per heavy atom. The molecule has 1 aromatic carbocycles. The lowest BCUT2D eigenvalue weighted by molar-refractivity contribution is -0.133. The second-order valence-electron chi connectivity index (χ2n) is 7.72. The molecule has 0 aliphatic carbocycles. The molecule has 9 heteroatoms. The molecule has 2 saturated heterocycles. The zero-order valence-electron chi connectivity index (χ0n) is 17.3. The lowest BCUT2D eigenvalue weighted by Crippen LogP contribution is -2.55. The highest BCUT2D eigenvalue weighted by molar-refractivity contribution is 7.89. The molecule has 29 heavy (non-hydrogen) atoms. The van der Waals surface area contributed by atoms with Crippen molar-refractivity contribution in [3.05, 3.63) is 29.8 Å². The fourth-order valence-electron chi connectivity index (χ4n) is 3.75. The number of hydrogen-bond donors (Lipinski definition) is 1. The molecule has 2 heterocycles. The molecule has 160 valence electrons. The van der Waals surface area contributed by atoms with E-state index in [1.807, 2.05) is 17.0 Å². The summed E-state index contributed by atoms with van der Waals surface area (Å²) in [6.45, 7) is 8.39. The molecule has 8 nitrogen and oxygen atoms in total. The lowest BCUT2D eigenvalue weighted by Gasteiger charge is -2.37. The van der Waals surface area contributed by atoms with E-state index in [1.54, 1.807) is 19.1 Å². The van der Waals surface area contributed by atoms with Crippen molar-refractivity contribution in [1.29, 1.82) is 0 Å². The summed E-state index contributed by atoms with van der Waals surface area (Å²) < 4.78 is 27.4. The van der Waals surface area contributed by atoms with Crippen LogP contribution >= 0.6 is 0 Å². The molecule has 0 aromatic heterocycles. The Bertz CT molecular complexity index is 848. The maximum atomic E-state index is 13.0. The van der Waals surface area contributed by atoms with Crippen molar-refractivity contribution in [1.82, 2.24) is 19.4 Å². The smallest absolute Gasteiger partial charge is 0.324 e. The fourth-order valence-corrected chi connectivity index (χ4v) is 5.17. The van der Waals surface area contributed by atoms with E-state index in [0.29, 0.717) is 50.1 Å². The van der Waals surface area contributed by atoms with Gasteiger partial charge in [0.2, 0.25) is 15.9 Å². The van der Waals surface area contributed by atoms with Crippen LogP contribution in [0.25, 0.3) is 0 Å². The first-order valence-electron chi connectivity index (χ1n) is 10.2. The normalized spacial score (nSPS) is 21.1. The molecule has 1 N–H and O–H groups in total. The minimum atomic E-state index is -3.56. The van der Waals surface area contributed by atoms with Gasteiger partial charge in [-0.1, -0.05) is 26.0 Å². The summed E-state index contributed by atoms with van der Waals surface area (Å²) in [5, 5.41) is 2.63. The Kier molecular flexibility index (Phi) is 6.60. The van der Waals surface area contributed by atoms with Gasteiger partial charge in [0, 0.05) is 39.3 Å². The number of amides is 3. The second kappa shape index (κ2) is 8.81. The number of sulfonamides is 1. The number of rotatable bonds is 6. The second-order valence-corrected chi connectivity index (χ2v) is 9.65. The van der Waals surface area contributed by atoms with Crippen molar-refractivity contribution in [3.63, 3.8) is 0 Å². The van der Waals surface area contributed by atoms with E-state index in [-0.39, 0.29) is 11.9 Å². The topological polar surface area (TPSA) is 90.0 Å². The first-order chi connectivity index (χ1) is 13.8. The Labute approximate surface area is 172 Å². The highest BCUT2D eigenvalue weighted by atomic mass is 32.2. The number of nitrogens with zero attached hydrogens (tertiary/aromatic N) is 3. The molecule has 2 aliphatic rings. The Hall–Kier alpha value is -1.97. The van der Waals surface area contributed by atoms with Crippen molar-refractivity contribution in [2.45, 2.75) is 44.0 Å². The van der Waals surface area contributed by atoms with Gasteiger partial charge in [0.05, 0.1) is 10.9 Å². The molecule has 1 aromatic rings. The monoisotopic (exact) mass is 422 g/mol. The summed E-state index contributed by atoms with van der Waals surface area (Å²) >= 11 is 0. The summed E-state index contributed by atoms with van der Waals surface area (Å²) in [4.78, 5) is 27.7. The number of benzene rings is 1. The third kappa shape index (κ3) is 4.46. The summed E-state index contributed by atoms with van der Waals surface area (Å²) in [6, 6.07) is 6.32. The molecule has 0 saturated carbocycles. The van der Waals surface area contributed by atoms with Crippen LogP contribution in [0.4, 0.5) is 4.79 Å². The summed E-state index contributed by atoms with van der Waals surface area (Å²) in [5.41, 5.74) is 1.13. The average molecular weight is 423 g/mol. The standard InChI is InChI=1S/C20H30N4O4S/c1-4-15(2)17-5-7-18(8-6-17)29(27,28)23-13-11-22(12-14-23)16(3)19(25)24-10-9-21-20(24)26/h5-8,15-16H,4,9-14H2,1-3H3,(H,21,26)/t15-,16+/m0/s1. The zero-order chi connectivity index (χ0) is 21.2. The van der Waals surface area contributed by atoms with Gasteiger partial charge < -0.3 is 5.32 Å². The maximum Gasteiger partial charge on any atom is 0.324 e. The number of piperazine rings is 1. The quantitative estimate of drug-likeness (QED) is 0.749.